The Morgan fingerprint density at radius 3 is 2.71 bits per heavy atom. The summed E-state index contributed by atoms with van der Waals surface area (Å²) in [7, 11) is 0. The average molecular weight is 488 g/mol. The van der Waals surface area contributed by atoms with Crippen molar-refractivity contribution in [2.45, 2.75) is 45.0 Å². The van der Waals surface area contributed by atoms with Crippen LogP contribution < -0.4 is 15.4 Å². The van der Waals surface area contributed by atoms with Crippen LogP contribution in [0.25, 0.3) is 10.9 Å². The molecule has 0 spiro atoms. The molecule has 2 N–H and O–H groups in total. The number of carbonyl (C=O) groups is 1. The Morgan fingerprint density at radius 2 is 2.00 bits per heavy atom. The standard InChI is InChI=1S/C26H28F3N3O3/c1-17-23(9-6-20-13-18(15-31-24(17)20)14-30-11-10-26(27,28)29)32-25(33)19-4-7-21(8-5-19)35-16-22-3-2-12-34-22/h4-9,13,15,22,30H,2-3,10-12,14,16H2,1H3,(H,32,33)/t22-/m1/s1. The van der Waals surface area contributed by atoms with Crippen molar-refractivity contribution in [3.8, 4) is 5.75 Å². The molecule has 6 nitrogen and oxygen atoms in total. The zero-order valence-electron chi connectivity index (χ0n) is 19.5. The third-order valence-electron chi connectivity index (χ3n) is 5.90. The van der Waals surface area contributed by atoms with Crippen LogP contribution in [-0.2, 0) is 11.3 Å². The molecule has 1 aliphatic rings. The number of aryl methyl sites for hydroxylation is 1. The normalized spacial score (nSPS) is 15.9. The van der Waals surface area contributed by atoms with Crippen molar-refractivity contribution in [2.24, 2.45) is 0 Å². The van der Waals surface area contributed by atoms with Crippen LogP contribution in [0.15, 0.2) is 48.7 Å². The Morgan fingerprint density at radius 1 is 1.20 bits per heavy atom. The third-order valence-corrected chi connectivity index (χ3v) is 5.90. The third kappa shape index (κ3) is 6.93. The van der Waals surface area contributed by atoms with Crippen molar-refractivity contribution < 1.29 is 27.4 Å². The molecule has 1 atom stereocenters. The van der Waals surface area contributed by atoms with Crippen LogP contribution in [0, 0.1) is 6.92 Å². The smallest absolute Gasteiger partial charge is 0.390 e. The van der Waals surface area contributed by atoms with Gasteiger partial charge in [-0.1, -0.05) is 6.07 Å². The molecule has 4 rings (SSSR count). The van der Waals surface area contributed by atoms with E-state index in [1.165, 1.54) is 0 Å². The Labute approximate surface area is 201 Å². The predicted molar refractivity (Wildman–Crippen MR) is 128 cm³/mol. The second kappa shape index (κ2) is 11.0. The number of anilines is 1. The summed E-state index contributed by atoms with van der Waals surface area (Å²) in [4.78, 5) is 17.2. The number of carbonyl (C=O) groups excluding carboxylic acids is 1. The van der Waals surface area contributed by atoms with E-state index in [0.29, 0.717) is 30.2 Å². The summed E-state index contributed by atoms with van der Waals surface area (Å²) < 4.78 is 48.1. The Bertz CT molecular complexity index is 1160. The Kier molecular flexibility index (Phi) is 7.87. The molecular weight excluding hydrogens is 459 g/mol. The predicted octanol–water partition coefficient (Wildman–Crippen LogP) is 5.40. The number of hydrogen-bond acceptors (Lipinski definition) is 5. The maximum absolute atomic E-state index is 12.8. The first-order chi connectivity index (χ1) is 16.8. The van der Waals surface area contributed by atoms with Crippen LogP contribution in [0.1, 0.15) is 40.7 Å². The molecule has 2 aromatic carbocycles. The van der Waals surface area contributed by atoms with Gasteiger partial charge in [0.25, 0.3) is 5.91 Å². The van der Waals surface area contributed by atoms with Gasteiger partial charge in [0.1, 0.15) is 12.4 Å². The lowest BCUT2D eigenvalue weighted by Gasteiger charge is -2.13. The lowest BCUT2D eigenvalue weighted by atomic mass is 10.1. The number of ether oxygens (including phenoxy) is 2. The van der Waals surface area contributed by atoms with Gasteiger partial charge in [-0.2, -0.15) is 13.2 Å². The van der Waals surface area contributed by atoms with Crippen molar-refractivity contribution in [3.05, 3.63) is 65.4 Å². The maximum Gasteiger partial charge on any atom is 0.390 e. The number of nitrogens with one attached hydrogen (secondary N) is 2. The van der Waals surface area contributed by atoms with E-state index < -0.39 is 12.6 Å². The van der Waals surface area contributed by atoms with Crippen molar-refractivity contribution in [2.75, 3.05) is 25.1 Å². The molecule has 1 aromatic heterocycles. The Hall–Kier alpha value is -3.17. The highest BCUT2D eigenvalue weighted by atomic mass is 19.4. The quantitative estimate of drug-likeness (QED) is 0.396. The summed E-state index contributed by atoms with van der Waals surface area (Å²) in [5, 5.41) is 6.56. The van der Waals surface area contributed by atoms with E-state index in [2.05, 4.69) is 15.6 Å². The van der Waals surface area contributed by atoms with E-state index in [9.17, 15) is 18.0 Å². The van der Waals surface area contributed by atoms with Gasteiger partial charge in [0, 0.05) is 42.5 Å². The minimum Gasteiger partial charge on any atom is -0.491 e. The summed E-state index contributed by atoms with van der Waals surface area (Å²) in [5.74, 6) is 0.440. The first kappa shape index (κ1) is 24.9. The molecule has 0 unspecified atom stereocenters. The molecule has 2 heterocycles. The minimum atomic E-state index is -4.17. The lowest BCUT2D eigenvalue weighted by molar-refractivity contribution is -0.133. The van der Waals surface area contributed by atoms with Gasteiger partial charge in [-0.25, -0.2) is 0 Å². The molecule has 1 saturated heterocycles. The molecule has 0 saturated carbocycles. The van der Waals surface area contributed by atoms with Gasteiger partial charge in [-0.05, 0) is 67.3 Å². The fourth-order valence-corrected chi connectivity index (χ4v) is 3.95. The van der Waals surface area contributed by atoms with Crippen molar-refractivity contribution in [3.63, 3.8) is 0 Å². The minimum absolute atomic E-state index is 0.129. The topological polar surface area (TPSA) is 72.5 Å². The molecule has 0 bridgehead atoms. The first-order valence-electron chi connectivity index (χ1n) is 11.6. The molecule has 1 amide bonds. The van der Waals surface area contributed by atoms with Crippen molar-refractivity contribution in [1.29, 1.82) is 0 Å². The number of amides is 1. The summed E-state index contributed by atoms with van der Waals surface area (Å²) >= 11 is 0. The molecule has 1 aliphatic heterocycles. The fourth-order valence-electron chi connectivity index (χ4n) is 3.95. The van der Waals surface area contributed by atoms with E-state index in [-0.39, 0.29) is 18.6 Å². The number of nitrogens with zero attached hydrogens (tertiary/aromatic N) is 1. The zero-order chi connectivity index (χ0) is 24.8. The molecule has 3 aromatic rings. The second-order valence-corrected chi connectivity index (χ2v) is 8.62. The summed E-state index contributed by atoms with van der Waals surface area (Å²) in [6.07, 6.45) is -1.23. The van der Waals surface area contributed by atoms with Gasteiger partial charge in [0.05, 0.1) is 18.0 Å². The van der Waals surface area contributed by atoms with Crippen LogP contribution in [0.4, 0.5) is 18.9 Å². The summed E-state index contributed by atoms with van der Waals surface area (Å²) in [6, 6.07) is 12.5. The largest absolute Gasteiger partial charge is 0.491 e. The average Bonchev–Trinajstić information content (AvgIpc) is 3.36. The van der Waals surface area contributed by atoms with Crippen molar-refractivity contribution in [1.82, 2.24) is 10.3 Å². The summed E-state index contributed by atoms with van der Waals surface area (Å²) in [5.41, 5.74) is 3.47. The molecule has 35 heavy (non-hydrogen) atoms. The van der Waals surface area contributed by atoms with Crippen LogP contribution in [0.3, 0.4) is 0 Å². The second-order valence-electron chi connectivity index (χ2n) is 8.62. The van der Waals surface area contributed by atoms with E-state index in [4.69, 9.17) is 9.47 Å². The number of hydrogen-bond donors (Lipinski definition) is 2. The number of halogens is 3. The zero-order valence-corrected chi connectivity index (χ0v) is 19.5. The van der Waals surface area contributed by atoms with Gasteiger partial charge >= 0.3 is 6.18 Å². The Balaban J connectivity index is 1.35. The molecule has 186 valence electrons. The highest BCUT2D eigenvalue weighted by Crippen LogP contribution is 2.26. The molecule has 1 fully saturated rings. The monoisotopic (exact) mass is 487 g/mol. The van der Waals surface area contributed by atoms with Crippen LogP contribution in [0.5, 0.6) is 5.75 Å². The van der Waals surface area contributed by atoms with E-state index in [1.54, 1.807) is 36.5 Å². The lowest BCUT2D eigenvalue weighted by Crippen LogP contribution is -2.21. The van der Waals surface area contributed by atoms with Crippen LogP contribution in [-0.4, -0.2) is 42.9 Å². The number of alkyl halides is 3. The van der Waals surface area contributed by atoms with E-state index in [0.717, 1.165) is 41.5 Å². The van der Waals surface area contributed by atoms with Crippen LogP contribution in [0.2, 0.25) is 0 Å². The number of benzene rings is 2. The molecule has 0 radical (unpaired) electrons. The number of rotatable bonds is 9. The highest BCUT2D eigenvalue weighted by molar-refractivity contribution is 6.06. The van der Waals surface area contributed by atoms with Crippen LogP contribution >= 0.6 is 0 Å². The first-order valence-corrected chi connectivity index (χ1v) is 11.6. The SMILES string of the molecule is Cc1c(NC(=O)c2ccc(OC[C@H]3CCCO3)cc2)ccc2cc(CNCCC(F)(F)F)cnc12. The number of fused-ring (bicyclic) bond motifs is 1. The van der Waals surface area contributed by atoms with Crippen molar-refractivity contribution >= 4 is 22.5 Å². The van der Waals surface area contributed by atoms with E-state index >= 15 is 0 Å². The van der Waals surface area contributed by atoms with Gasteiger partial charge < -0.3 is 20.1 Å². The van der Waals surface area contributed by atoms with Gasteiger partial charge in [-0.3, -0.25) is 9.78 Å². The van der Waals surface area contributed by atoms with Gasteiger partial charge in [-0.15, -0.1) is 0 Å². The number of pyridine rings is 1. The molecular formula is C26H28F3N3O3. The van der Waals surface area contributed by atoms with E-state index in [1.807, 2.05) is 19.1 Å². The molecule has 9 heteroatoms. The number of aromatic nitrogens is 1. The fraction of sp³-hybridized carbons (Fsp3) is 0.385. The summed E-state index contributed by atoms with van der Waals surface area (Å²) in [6.45, 7) is 3.30. The maximum atomic E-state index is 12.8. The van der Waals surface area contributed by atoms with Gasteiger partial charge in [0.2, 0.25) is 0 Å². The van der Waals surface area contributed by atoms with Gasteiger partial charge in [0.15, 0.2) is 0 Å². The highest BCUT2D eigenvalue weighted by Gasteiger charge is 2.25. The molecule has 0 aliphatic carbocycles.